The summed E-state index contributed by atoms with van der Waals surface area (Å²) in [6, 6.07) is 3.96. The SMILES string of the molecule is C=C/C=c1/ccc(CO/C(C)=C/C(C=C)=C(C)/C=C\C)n/c1=C/C=C.CC.CC.CC. The number of rotatable bonds is 8. The number of hydrogen-bond acceptors (Lipinski definition) is 2. The standard InChI is InChI=1S/C23H27NO.3C2H6/c1-7-11-18(5)20(10-4)16-19(6)25-17-22-15-14-21(12-8-2)23(24-22)13-9-3;3*1-2/h7-16H,2-4,17H2,1,5-6H3;3*1-2H3/b11-7-,19-16+,20-18+,21-12-,23-13+;;;. The van der Waals surface area contributed by atoms with Gasteiger partial charge in [-0.2, -0.15) is 0 Å². The Morgan fingerprint density at radius 3 is 2.00 bits per heavy atom. The van der Waals surface area contributed by atoms with Crippen molar-refractivity contribution in [2.75, 3.05) is 0 Å². The van der Waals surface area contributed by atoms with Gasteiger partial charge in [0.1, 0.15) is 6.61 Å². The maximum absolute atomic E-state index is 5.84. The van der Waals surface area contributed by atoms with Gasteiger partial charge in [0.25, 0.3) is 0 Å². The van der Waals surface area contributed by atoms with E-state index < -0.39 is 0 Å². The quantitative estimate of drug-likeness (QED) is 0.317. The Balaban J connectivity index is -0.00000120. The molecule has 0 N–H and O–H groups in total. The van der Waals surface area contributed by atoms with Crippen molar-refractivity contribution in [3.63, 3.8) is 0 Å². The zero-order valence-electron chi connectivity index (χ0n) is 21.5. The lowest BCUT2D eigenvalue weighted by Gasteiger charge is -2.07. The third-order valence-corrected chi connectivity index (χ3v) is 3.49. The summed E-state index contributed by atoms with van der Waals surface area (Å²) in [4.78, 5) is 4.62. The van der Waals surface area contributed by atoms with Crippen LogP contribution in [-0.2, 0) is 11.3 Å². The van der Waals surface area contributed by atoms with Gasteiger partial charge in [-0.15, -0.1) is 0 Å². The minimum atomic E-state index is 0.405. The Morgan fingerprint density at radius 2 is 1.52 bits per heavy atom. The first-order valence-electron chi connectivity index (χ1n) is 11.2. The lowest BCUT2D eigenvalue weighted by atomic mass is 10.1. The summed E-state index contributed by atoms with van der Waals surface area (Å²) in [6.07, 6.45) is 15.1. The molecule has 0 spiro atoms. The smallest absolute Gasteiger partial charge is 0.130 e. The van der Waals surface area contributed by atoms with Crippen LogP contribution in [0.5, 0.6) is 0 Å². The Hall–Kier alpha value is -2.87. The zero-order valence-corrected chi connectivity index (χ0v) is 21.5. The molecular weight excluding hydrogens is 378 g/mol. The molecule has 0 aliphatic carbocycles. The van der Waals surface area contributed by atoms with Crippen LogP contribution < -0.4 is 10.6 Å². The molecule has 1 aromatic heterocycles. The van der Waals surface area contributed by atoms with Crippen LogP contribution in [0.4, 0.5) is 0 Å². The fraction of sp³-hybridized carbons (Fsp3) is 0.345. The van der Waals surface area contributed by atoms with Crippen LogP contribution in [0.1, 0.15) is 68.0 Å². The predicted molar refractivity (Wildman–Crippen MR) is 143 cm³/mol. The van der Waals surface area contributed by atoms with E-state index in [2.05, 4.69) is 37.7 Å². The van der Waals surface area contributed by atoms with Crippen LogP contribution in [0.25, 0.3) is 12.2 Å². The molecule has 0 atom stereocenters. The van der Waals surface area contributed by atoms with Crippen molar-refractivity contribution < 1.29 is 4.74 Å². The summed E-state index contributed by atoms with van der Waals surface area (Å²) in [5.74, 6) is 0.816. The van der Waals surface area contributed by atoms with Crippen molar-refractivity contribution in [1.82, 2.24) is 4.98 Å². The van der Waals surface area contributed by atoms with Gasteiger partial charge in [-0.3, -0.25) is 0 Å². The van der Waals surface area contributed by atoms with Gasteiger partial charge < -0.3 is 4.74 Å². The minimum absolute atomic E-state index is 0.405. The molecule has 0 unspecified atom stereocenters. The van der Waals surface area contributed by atoms with E-state index in [1.807, 2.05) is 97.9 Å². The molecule has 0 fully saturated rings. The second kappa shape index (κ2) is 23.4. The van der Waals surface area contributed by atoms with E-state index in [-0.39, 0.29) is 0 Å². The Kier molecular flexibility index (Phi) is 24.8. The van der Waals surface area contributed by atoms with Crippen molar-refractivity contribution in [1.29, 1.82) is 0 Å². The largest absolute Gasteiger partial charge is 0.492 e. The van der Waals surface area contributed by atoms with Gasteiger partial charge in [-0.05, 0) is 50.1 Å². The molecule has 0 saturated heterocycles. The Labute approximate surface area is 192 Å². The second-order valence-electron chi connectivity index (χ2n) is 5.47. The molecule has 172 valence electrons. The molecule has 0 aliphatic heterocycles. The first kappa shape index (κ1) is 32.8. The number of pyridine rings is 1. The monoisotopic (exact) mass is 423 g/mol. The third-order valence-electron chi connectivity index (χ3n) is 3.49. The normalized spacial score (nSPS) is 12.2. The summed E-state index contributed by atoms with van der Waals surface area (Å²) < 4.78 is 5.84. The first-order valence-corrected chi connectivity index (χ1v) is 11.2. The van der Waals surface area contributed by atoms with Crippen LogP contribution in [0.15, 0.2) is 85.2 Å². The lowest BCUT2D eigenvalue weighted by molar-refractivity contribution is 0.197. The molecule has 1 heterocycles. The van der Waals surface area contributed by atoms with E-state index in [4.69, 9.17) is 4.74 Å². The molecule has 2 nitrogen and oxygen atoms in total. The van der Waals surface area contributed by atoms with Gasteiger partial charge in [0, 0.05) is 5.22 Å². The summed E-state index contributed by atoms with van der Waals surface area (Å²) in [5, 5.41) is 1.86. The number of nitrogens with zero attached hydrogens (tertiary/aromatic N) is 1. The first-order chi connectivity index (χ1) is 15.0. The molecule has 1 rings (SSSR count). The Bertz CT molecular complexity index is 836. The average Bonchev–Trinajstić information content (AvgIpc) is 2.82. The van der Waals surface area contributed by atoms with E-state index >= 15 is 0 Å². The van der Waals surface area contributed by atoms with E-state index in [1.165, 1.54) is 0 Å². The molecule has 1 aromatic rings. The fourth-order valence-electron chi connectivity index (χ4n) is 2.25. The highest BCUT2D eigenvalue weighted by molar-refractivity contribution is 5.41. The van der Waals surface area contributed by atoms with Crippen LogP contribution in [0.3, 0.4) is 0 Å². The van der Waals surface area contributed by atoms with E-state index in [1.54, 1.807) is 12.2 Å². The summed E-state index contributed by atoms with van der Waals surface area (Å²) in [6.45, 7) is 29.7. The number of aromatic nitrogens is 1. The van der Waals surface area contributed by atoms with Crippen molar-refractivity contribution in [3.8, 4) is 0 Å². The van der Waals surface area contributed by atoms with Crippen LogP contribution >= 0.6 is 0 Å². The topological polar surface area (TPSA) is 22.1 Å². The van der Waals surface area contributed by atoms with E-state index in [9.17, 15) is 0 Å². The van der Waals surface area contributed by atoms with Gasteiger partial charge in [0.15, 0.2) is 0 Å². The van der Waals surface area contributed by atoms with Crippen molar-refractivity contribution >= 4 is 12.2 Å². The van der Waals surface area contributed by atoms with Crippen molar-refractivity contribution in [2.24, 2.45) is 0 Å². The van der Waals surface area contributed by atoms with Gasteiger partial charge in [0.05, 0.1) is 16.8 Å². The lowest BCUT2D eigenvalue weighted by Crippen LogP contribution is -2.28. The van der Waals surface area contributed by atoms with Gasteiger partial charge in [-0.1, -0.05) is 104 Å². The molecule has 0 aliphatic rings. The van der Waals surface area contributed by atoms with Crippen LogP contribution in [0, 0.1) is 0 Å². The van der Waals surface area contributed by atoms with Gasteiger partial charge in [-0.25, -0.2) is 4.98 Å². The highest BCUT2D eigenvalue weighted by Crippen LogP contribution is 2.12. The summed E-state index contributed by atoms with van der Waals surface area (Å²) in [5.41, 5.74) is 3.04. The van der Waals surface area contributed by atoms with Crippen LogP contribution in [-0.4, -0.2) is 4.98 Å². The van der Waals surface area contributed by atoms with Gasteiger partial charge in [0.2, 0.25) is 0 Å². The van der Waals surface area contributed by atoms with Crippen molar-refractivity contribution in [3.05, 3.63) is 101 Å². The minimum Gasteiger partial charge on any atom is -0.492 e. The average molecular weight is 424 g/mol. The molecule has 0 radical (unpaired) electrons. The molecule has 0 bridgehead atoms. The van der Waals surface area contributed by atoms with E-state index in [0.29, 0.717) is 6.61 Å². The molecule has 0 saturated carbocycles. The molecule has 2 heteroatoms. The molecule has 0 aromatic carbocycles. The fourth-order valence-corrected chi connectivity index (χ4v) is 2.25. The highest BCUT2D eigenvalue weighted by atomic mass is 16.5. The number of allylic oxidation sites excluding steroid dienone is 9. The van der Waals surface area contributed by atoms with Crippen LogP contribution in [0.2, 0.25) is 0 Å². The third kappa shape index (κ3) is 14.7. The predicted octanol–water partition coefficient (Wildman–Crippen LogP) is 7.59. The highest BCUT2D eigenvalue weighted by Gasteiger charge is 1.99. The molecule has 0 amide bonds. The second-order valence-corrected chi connectivity index (χ2v) is 5.47. The zero-order chi connectivity index (χ0) is 24.7. The molecular formula is C29H45NO. The van der Waals surface area contributed by atoms with E-state index in [0.717, 1.165) is 33.2 Å². The van der Waals surface area contributed by atoms with Crippen molar-refractivity contribution in [2.45, 2.75) is 68.9 Å². The number of hydrogen-bond donors (Lipinski definition) is 0. The summed E-state index contributed by atoms with van der Waals surface area (Å²) in [7, 11) is 0. The maximum Gasteiger partial charge on any atom is 0.130 e. The maximum atomic E-state index is 5.84. The van der Waals surface area contributed by atoms with Gasteiger partial charge >= 0.3 is 0 Å². The Morgan fingerprint density at radius 1 is 0.935 bits per heavy atom. The summed E-state index contributed by atoms with van der Waals surface area (Å²) >= 11 is 0. The number of ether oxygens (including phenoxy) is 1. The molecule has 31 heavy (non-hydrogen) atoms.